The largest absolute Gasteiger partial charge is 0.314 e. The second-order valence-corrected chi connectivity index (χ2v) is 4.00. The SMILES string of the molecule is CNCc1ccnn1C1CCN(C)C1. The lowest BCUT2D eigenvalue weighted by Gasteiger charge is -2.14. The summed E-state index contributed by atoms with van der Waals surface area (Å²) in [5, 5.41) is 7.57. The number of rotatable bonds is 3. The van der Waals surface area contributed by atoms with Crippen molar-refractivity contribution in [3.63, 3.8) is 0 Å². The van der Waals surface area contributed by atoms with Crippen LogP contribution in [0, 0.1) is 0 Å². The van der Waals surface area contributed by atoms with E-state index < -0.39 is 0 Å². The van der Waals surface area contributed by atoms with Gasteiger partial charge in [-0.3, -0.25) is 4.68 Å². The van der Waals surface area contributed by atoms with Crippen molar-refractivity contribution in [2.45, 2.75) is 19.0 Å². The molecule has 0 radical (unpaired) electrons. The average Bonchev–Trinajstić information content (AvgIpc) is 2.74. The maximum absolute atomic E-state index is 4.40. The Hall–Kier alpha value is -0.870. The molecule has 4 heteroatoms. The quantitative estimate of drug-likeness (QED) is 0.759. The van der Waals surface area contributed by atoms with Gasteiger partial charge in [-0.15, -0.1) is 0 Å². The summed E-state index contributed by atoms with van der Waals surface area (Å²) in [5.74, 6) is 0. The number of likely N-dealkylation sites (tertiary alicyclic amines) is 1. The standard InChI is InChI=1S/C10H18N4/c1-11-7-9-3-5-12-14(9)10-4-6-13(2)8-10/h3,5,10-11H,4,6-8H2,1-2H3. The van der Waals surface area contributed by atoms with Gasteiger partial charge < -0.3 is 10.2 Å². The van der Waals surface area contributed by atoms with Gasteiger partial charge in [0.05, 0.1) is 11.7 Å². The van der Waals surface area contributed by atoms with E-state index in [2.05, 4.69) is 33.1 Å². The molecule has 1 aromatic heterocycles. The highest BCUT2D eigenvalue weighted by Crippen LogP contribution is 2.20. The molecule has 1 atom stereocenters. The zero-order valence-electron chi connectivity index (χ0n) is 8.90. The fraction of sp³-hybridized carbons (Fsp3) is 0.700. The minimum atomic E-state index is 0.568. The van der Waals surface area contributed by atoms with Crippen LogP contribution >= 0.6 is 0 Å². The summed E-state index contributed by atoms with van der Waals surface area (Å²) in [6.07, 6.45) is 3.11. The molecule has 0 amide bonds. The molecule has 1 fully saturated rings. The summed E-state index contributed by atoms with van der Waals surface area (Å²) in [7, 11) is 4.14. The summed E-state index contributed by atoms with van der Waals surface area (Å²) < 4.78 is 2.17. The molecular weight excluding hydrogens is 176 g/mol. The van der Waals surface area contributed by atoms with E-state index in [9.17, 15) is 0 Å². The summed E-state index contributed by atoms with van der Waals surface area (Å²) in [5.41, 5.74) is 1.28. The van der Waals surface area contributed by atoms with Crippen LogP contribution in [-0.4, -0.2) is 41.9 Å². The number of hydrogen-bond donors (Lipinski definition) is 1. The maximum atomic E-state index is 4.40. The van der Waals surface area contributed by atoms with Crippen LogP contribution < -0.4 is 5.32 Å². The van der Waals surface area contributed by atoms with Gasteiger partial charge in [0.15, 0.2) is 0 Å². The van der Waals surface area contributed by atoms with Gasteiger partial charge in [-0.25, -0.2) is 0 Å². The first-order valence-electron chi connectivity index (χ1n) is 5.17. The number of likely N-dealkylation sites (N-methyl/N-ethyl adjacent to an activating group) is 1. The van der Waals surface area contributed by atoms with Gasteiger partial charge in [0.2, 0.25) is 0 Å². The minimum Gasteiger partial charge on any atom is -0.314 e. The number of hydrogen-bond acceptors (Lipinski definition) is 3. The molecule has 1 unspecified atom stereocenters. The topological polar surface area (TPSA) is 33.1 Å². The average molecular weight is 194 g/mol. The number of nitrogens with one attached hydrogen (secondary N) is 1. The van der Waals surface area contributed by atoms with Crippen molar-refractivity contribution in [3.8, 4) is 0 Å². The van der Waals surface area contributed by atoms with Gasteiger partial charge in [-0.2, -0.15) is 5.10 Å². The van der Waals surface area contributed by atoms with Gasteiger partial charge in [0.25, 0.3) is 0 Å². The second kappa shape index (κ2) is 4.11. The van der Waals surface area contributed by atoms with Crippen molar-refractivity contribution in [1.82, 2.24) is 20.0 Å². The highest BCUT2D eigenvalue weighted by atomic mass is 15.3. The molecule has 1 N–H and O–H groups in total. The molecule has 0 bridgehead atoms. The molecule has 1 aliphatic heterocycles. The zero-order valence-corrected chi connectivity index (χ0v) is 8.90. The summed E-state index contributed by atoms with van der Waals surface area (Å²) >= 11 is 0. The van der Waals surface area contributed by atoms with Gasteiger partial charge in [-0.1, -0.05) is 0 Å². The fourth-order valence-electron chi connectivity index (χ4n) is 2.10. The van der Waals surface area contributed by atoms with Crippen LogP contribution in [-0.2, 0) is 6.54 Å². The van der Waals surface area contributed by atoms with E-state index in [0.717, 1.165) is 13.1 Å². The summed E-state index contributed by atoms with van der Waals surface area (Å²) in [4.78, 5) is 2.36. The molecule has 1 aliphatic rings. The summed E-state index contributed by atoms with van der Waals surface area (Å²) in [6.45, 7) is 3.21. The van der Waals surface area contributed by atoms with E-state index in [0.29, 0.717) is 6.04 Å². The highest BCUT2D eigenvalue weighted by Gasteiger charge is 2.22. The van der Waals surface area contributed by atoms with Crippen molar-refractivity contribution in [3.05, 3.63) is 18.0 Å². The Balaban J connectivity index is 2.11. The molecule has 0 aromatic carbocycles. The van der Waals surface area contributed by atoms with E-state index in [1.807, 2.05) is 13.2 Å². The fourth-order valence-corrected chi connectivity index (χ4v) is 2.10. The van der Waals surface area contributed by atoms with E-state index in [4.69, 9.17) is 0 Å². The normalized spacial score (nSPS) is 23.1. The third-order valence-electron chi connectivity index (χ3n) is 2.82. The van der Waals surface area contributed by atoms with E-state index >= 15 is 0 Å². The van der Waals surface area contributed by atoms with E-state index in [-0.39, 0.29) is 0 Å². The molecule has 2 rings (SSSR count). The molecule has 0 aliphatic carbocycles. The maximum Gasteiger partial charge on any atom is 0.0661 e. The minimum absolute atomic E-state index is 0.568. The van der Waals surface area contributed by atoms with Gasteiger partial charge in [0.1, 0.15) is 0 Å². The molecular formula is C10H18N4. The van der Waals surface area contributed by atoms with Crippen LogP contribution in [0.15, 0.2) is 12.3 Å². The Morgan fingerprint density at radius 3 is 3.14 bits per heavy atom. The van der Waals surface area contributed by atoms with Crippen LogP contribution in [0.1, 0.15) is 18.2 Å². The Bertz CT molecular complexity index is 294. The lowest BCUT2D eigenvalue weighted by Crippen LogP contribution is -2.20. The van der Waals surface area contributed by atoms with Crippen LogP contribution in [0.5, 0.6) is 0 Å². The van der Waals surface area contributed by atoms with E-state index in [1.165, 1.54) is 18.7 Å². The third kappa shape index (κ3) is 1.81. The molecule has 2 heterocycles. The zero-order chi connectivity index (χ0) is 9.97. The van der Waals surface area contributed by atoms with Crippen molar-refractivity contribution >= 4 is 0 Å². The second-order valence-electron chi connectivity index (χ2n) is 4.00. The molecule has 1 saturated heterocycles. The van der Waals surface area contributed by atoms with Crippen LogP contribution in [0.3, 0.4) is 0 Å². The lowest BCUT2D eigenvalue weighted by molar-refractivity contribution is 0.377. The molecule has 1 aromatic rings. The molecule has 0 saturated carbocycles. The number of aromatic nitrogens is 2. The highest BCUT2D eigenvalue weighted by molar-refractivity contribution is 5.02. The van der Waals surface area contributed by atoms with Gasteiger partial charge in [-0.05, 0) is 33.1 Å². The first-order valence-corrected chi connectivity index (χ1v) is 5.17. The summed E-state index contributed by atoms with van der Waals surface area (Å²) in [6, 6.07) is 2.66. The Morgan fingerprint density at radius 1 is 1.64 bits per heavy atom. The monoisotopic (exact) mass is 194 g/mol. The van der Waals surface area contributed by atoms with Crippen molar-refractivity contribution in [1.29, 1.82) is 0 Å². The van der Waals surface area contributed by atoms with Crippen molar-refractivity contribution < 1.29 is 0 Å². The van der Waals surface area contributed by atoms with Crippen molar-refractivity contribution in [2.24, 2.45) is 0 Å². The van der Waals surface area contributed by atoms with Gasteiger partial charge >= 0.3 is 0 Å². The van der Waals surface area contributed by atoms with Crippen LogP contribution in [0.25, 0.3) is 0 Å². The number of nitrogens with zero attached hydrogens (tertiary/aromatic N) is 3. The molecule has 14 heavy (non-hydrogen) atoms. The van der Waals surface area contributed by atoms with Crippen LogP contribution in [0.2, 0.25) is 0 Å². The Morgan fingerprint density at radius 2 is 2.50 bits per heavy atom. The molecule has 4 nitrogen and oxygen atoms in total. The third-order valence-corrected chi connectivity index (χ3v) is 2.82. The Kier molecular flexibility index (Phi) is 2.84. The first kappa shape index (κ1) is 9.68. The predicted molar refractivity (Wildman–Crippen MR) is 56.1 cm³/mol. The predicted octanol–water partition coefficient (Wildman–Crippen LogP) is 0.479. The Labute approximate surface area is 84.9 Å². The molecule has 78 valence electrons. The lowest BCUT2D eigenvalue weighted by atomic mass is 10.2. The molecule has 0 spiro atoms. The van der Waals surface area contributed by atoms with Crippen molar-refractivity contribution in [2.75, 3.05) is 27.2 Å². The van der Waals surface area contributed by atoms with Crippen LogP contribution in [0.4, 0.5) is 0 Å². The smallest absolute Gasteiger partial charge is 0.0661 e. The first-order chi connectivity index (χ1) is 6.81. The van der Waals surface area contributed by atoms with E-state index in [1.54, 1.807) is 0 Å². The van der Waals surface area contributed by atoms with Gasteiger partial charge in [0, 0.05) is 19.3 Å².